The molecular formula is C110H92O18. The van der Waals surface area contributed by atoms with Crippen molar-refractivity contribution in [2.75, 3.05) is 0 Å². The van der Waals surface area contributed by atoms with Crippen LogP contribution in [0.25, 0.3) is 43.1 Å². The molecule has 0 aliphatic heterocycles. The van der Waals surface area contributed by atoms with E-state index in [-0.39, 0.29) is 103 Å². The summed E-state index contributed by atoms with van der Waals surface area (Å²) < 4.78 is 0. The van der Waals surface area contributed by atoms with Gasteiger partial charge in [0.1, 0.15) is 103 Å². The average Bonchev–Trinajstić information content (AvgIpc) is 0.761. The van der Waals surface area contributed by atoms with Crippen LogP contribution in [-0.4, -0.2) is 91.9 Å². The number of rotatable bonds is 20. The molecule has 0 radical (unpaired) electrons. The molecule has 0 aliphatic rings. The third kappa shape index (κ3) is 20.8. The molecular weight excluding hydrogens is 1610 g/mol. The Bertz CT molecular complexity index is 6830. The van der Waals surface area contributed by atoms with Crippen LogP contribution >= 0.6 is 0 Å². The van der Waals surface area contributed by atoms with Crippen LogP contribution < -0.4 is 0 Å². The first-order valence-corrected chi connectivity index (χ1v) is 41.4. The molecule has 0 unspecified atom stereocenters. The summed E-state index contributed by atoms with van der Waals surface area (Å²) in [5.41, 5.74) is 17.3. The van der Waals surface area contributed by atoms with Gasteiger partial charge in [0.05, 0.1) is 5.39 Å². The molecule has 0 aliphatic carbocycles. The number of aromatic hydroxyl groups is 18. The van der Waals surface area contributed by atoms with Gasteiger partial charge in [-0.25, -0.2) is 0 Å². The van der Waals surface area contributed by atoms with Crippen molar-refractivity contribution in [2.24, 2.45) is 0 Å². The molecule has 18 heteroatoms. The zero-order chi connectivity index (χ0) is 89.8. The Kier molecular flexibility index (Phi) is 25.9. The lowest BCUT2D eigenvalue weighted by Crippen LogP contribution is -1.99. The van der Waals surface area contributed by atoms with E-state index in [4.69, 9.17) is 0 Å². The van der Waals surface area contributed by atoms with E-state index < -0.39 is 0 Å². The van der Waals surface area contributed by atoms with Crippen molar-refractivity contribution in [3.63, 3.8) is 0 Å². The Morgan fingerprint density at radius 1 is 0.141 bits per heavy atom. The monoisotopic (exact) mass is 1700 g/mol. The third-order valence-corrected chi connectivity index (χ3v) is 22.9. The molecule has 128 heavy (non-hydrogen) atoms. The molecule has 0 atom stereocenters. The Labute approximate surface area is 737 Å². The fourth-order valence-electron chi connectivity index (χ4n) is 16.2. The second kappa shape index (κ2) is 38.4. The van der Waals surface area contributed by atoms with Gasteiger partial charge in [-0.2, -0.15) is 0 Å². The lowest BCUT2D eigenvalue weighted by Gasteiger charge is -2.18. The van der Waals surface area contributed by atoms with Gasteiger partial charge in [0.15, 0.2) is 0 Å². The minimum atomic E-state index is 0.0764. The van der Waals surface area contributed by atoms with Crippen molar-refractivity contribution >= 4 is 43.1 Å². The lowest BCUT2D eigenvalue weighted by atomic mass is 9.88. The van der Waals surface area contributed by atoms with Gasteiger partial charge in [-0.1, -0.05) is 170 Å². The van der Waals surface area contributed by atoms with Gasteiger partial charge in [0.2, 0.25) is 0 Å². The van der Waals surface area contributed by atoms with Crippen molar-refractivity contribution in [1.29, 1.82) is 0 Å². The van der Waals surface area contributed by atoms with Crippen LogP contribution in [0.3, 0.4) is 0 Å². The normalized spacial score (nSPS) is 11.1. The van der Waals surface area contributed by atoms with Crippen LogP contribution in [-0.2, 0) is 64.2 Å². The summed E-state index contributed by atoms with van der Waals surface area (Å²) in [7, 11) is 0. The van der Waals surface area contributed by atoms with Crippen LogP contribution in [0.1, 0.15) is 111 Å². The van der Waals surface area contributed by atoms with Crippen LogP contribution in [0.4, 0.5) is 0 Å². The summed E-state index contributed by atoms with van der Waals surface area (Å²) in [5, 5.41) is 189. The van der Waals surface area contributed by atoms with Gasteiger partial charge in [-0.05, 0) is 299 Å². The Morgan fingerprint density at radius 3 is 0.828 bits per heavy atom. The molecule has 18 nitrogen and oxygen atoms in total. The highest BCUT2D eigenvalue weighted by Gasteiger charge is 2.24. The molecule has 18 aromatic rings. The summed E-state index contributed by atoms with van der Waals surface area (Å²) in [5.74, 6) is 2.63. The Morgan fingerprint density at radius 2 is 0.430 bits per heavy atom. The molecule has 0 saturated carbocycles. The fourth-order valence-corrected chi connectivity index (χ4v) is 16.2. The number of hydrogen-bond donors (Lipinski definition) is 18. The van der Waals surface area contributed by atoms with E-state index in [2.05, 4.69) is 0 Å². The highest BCUT2D eigenvalue weighted by Crippen LogP contribution is 2.46. The quantitative estimate of drug-likeness (QED) is 0.0337. The van der Waals surface area contributed by atoms with E-state index >= 15 is 0 Å². The Hall–Kier alpha value is -16.6. The Balaban J connectivity index is 0.000000134. The standard InChI is InChI=1S/3C31H26O5.C17H14O3/c32-25-9-1-19(2-10-25)15-23-8-7-22-18-24(16-20-3-11-26(33)12-4-20)30(35)28(29(22)31(23)36)17-21-5-13-27(34)14-6-21;32-25-7-1-19(2-8-25)13-22-16-24(15-21-5-11-27(34)12-6-21)31(36)29-18-30(35)23(17-28(22)29)14-20-3-9-26(33)10-4-20;32-24-7-1-19(2-8-24)15-22-18-23(16-20-3-9-25(33)10-4-20)31(36)30-27(22)13-14-29(35)28(30)17-21-5-11-26(34)12-6-21;18-13-7-4-11(5-8-13)10-12-6-9-16(20)17-14(12)2-1-3-15(17)19/h1-14,18,32-36H,15-17H2;1-12,16-18,32-36H,13-15H2;1-14,18,32-36H,15-17H2;1-9,18-20H,10H2. The van der Waals surface area contributed by atoms with E-state index in [0.717, 1.165) is 93.9 Å². The minimum absolute atomic E-state index is 0.0764. The third-order valence-electron chi connectivity index (χ3n) is 22.9. The number of fused-ring (bicyclic) bond motifs is 4. The number of hydrogen-bond acceptors (Lipinski definition) is 18. The molecule has 0 aromatic heterocycles. The molecule has 18 N–H and O–H groups in total. The van der Waals surface area contributed by atoms with Crippen molar-refractivity contribution < 1.29 is 91.9 Å². The zero-order valence-corrected chi connectivity index (χ0v) is 69.3. The number of benzene rings is 18. The van der Waals surface area contributed by atoms with Gasteiger partial charge < -0.3 is 91.9 Å². The largest absolute Gasteiger partial charge is 0.508 e. The van der Waals surface area contributed by atoms with E-state index in [1.165, 1.54) is 0 Å². The van der Waals surface area contributed by atoms with E-state index in [1.54, 1.807) is 176 Å². The summed E-state index contributed by atoms with van der Waals surface area (Å²) in [4.78, 5) is 0. The van der Waals surface area contributed by atoms with Crippen molar-refractivity contribution in [2.45, 2.75) is 64.2 Å². The van der Waals surface area contributed by atoms with Crippen LogP contribution in [0.15, 0.2) is 328 Å². The van der Waals surface area contributed by atoms with Gasteiger partial charge in [0, 0.05) is 72.2 Å². The molecule has 0 spiro atoms. The lowest BCUT2D eigenvalue weighted by molar-refractivity contribution is 0.460. The smallest absolute Gasteiger partial charge is 0.127 e. The summed E-state index contributed by atoms with van der Waals surface area (Å²) in [6.07, 6.45) is 4.85. The molecule has 18 aromatic carbocycles. The number of phenolic OH excluding ortho intramolecular Hbond substituents is 18. The predicted octanol–water partition coefficient (Wildman–Crippen LogP) is 22.0. The zero-order valence-electron chi connectivity index (χ0n) is 69.3. The molecule has 0 heterocycles. The van der Waals surface area contributed by atoms with Gasteiger partial charge in [0.25, 0.3) is 0 Å². The summed E-state index contributed by atoms with van der Waals surface area (Å²) >= 11 is 0. The molecule has 0 saturated heterocycles. The molecule has 0 bridgehead atoms. The van der Waals surface area contributed by atoms with E-state index in [1.807, 2.05) is 152 Å². The van der Waals surface area contributed by atoms with Crippen molar-refractivity contribution in [3.05, 3.63) is 439 Å². The highest BCUT2D eigenvalue weighted by atomic mass is 16.3. The van der Waals surface area contributed by atoms with Gasteiger partial charge in [-0.15, -0.1) is 0 Å². The molecule has 18 rings (SSSR count). The maximum atomic E-state index is 11.5. The maximum Gasteiger partial charge on any atom is 0.127 e. The molecule has 0 amide bonds. The molecule has 640 valence electrons. The first kappa shape index (κ1) is 86.3. The highest BCUT2D eigenvalue weighted by molar-refractivity contribution is 5.99. The second-order valence-corrected chi connectivity index (χ2v) is 32.0. The van der Waals surface area contributed by atoms with Crippen molar-refractivity contribution in [1.82, 2.24) is 0 Å². The predicted molar refractivity (Wildman–Crippen MR) is 498 cm³/mol. The van der Waals surface area contributed by atoms with E-state index in [9.17, 15) is 91.9 Å². The maximum absolute atomic E-state index is 11.5. The number of phenols is 18. The summed E-state index contributed by atoms with van der Waals surface area (Å²) in [6.45, 7) is 0. The van der Waals surface area contributed by atoms with Gasteiger partial charge >= 0.3 is 0 Å². The summed E-state index contributed by atoms with van der Waals surface area (Å²) in [6, 6.07) is 94.3. The van der Waals surface area contributed by atoms with Crippen LogP contribution in [0, 0.1) is 0 Å². The van der Waals surface area contributed by atoms with E-state index in [0.29, 0.717) is 125 Å². The second-order valence-electron chi connectivity index (χ2n) is 32.0. The van der Waals surface area contributed by atoms with Gasteiger partial charge in [-0.3, -0.25) is 0 Å². The van der Waals surface area contributed by atoms with Crippen molar-refractivity contribution in [3.8, 4) is 103 Å². The topological polar surface area (TPSA) is 364 Å². The first-order chi connectivity index (χ1) is 61.7. The van der Waals surface area contributed by atoms with Crippen LogP contribution in [0.2, 0.25) is 0 Å². The van der Waals surface area contributed by atoms with Crippen LogP contribution in [0.5, 0.6) is 103 Å². The minimum Gasteiger partial charge on any atom is -0.508 e. The molecule has 0 fully saturated rings. The first-order valence-electron chi connectivity index (χ1n) is 41.4. The average molecular weight is 1700 g/mol. The fraction of sp³-hybridized carbons (Fsp3) is 0.0909. The SMILES string of the molecule is Oc1ccc(Cc2cc(Cc3ccc(O)cc3)c3ccc(O)c(Cc4ccc(O)cc4)c3c2O)cc1.Oc1ccc(Cc2cc3c(Cc4ccc(O)cc4)cc(Cc4ccc(O)cc4)c(O)c3cc2O)cc1.Oc1ccc(Cc2cc3ccc(Cc4ccc(O)cc4)c(O)c3c(Cc3ccc(O)cc3)c2O)cc1.Oc1ccc(Cc2ccc(O)c3c(O)cccc23)cc1.